The Bertz CT molecular complexity index is 1000. The number of imide groups is 2. The number of para-hydroxylation sites is 2. The summed E-state index contributed by atoms with van der Waals surface area (Å²) >= 11 is 3.41. The van der Waals surface area contributed by atoms with Gasteiger partial charge in [0.25, 0.3) is 11.8 Å². The number of rotatable bonds is 6. The fourth-order valence-electron chi connectivity index (χ4n) is 2.84. The number of ether oxygens (including phenoxy) is 2. The number of nitrogens with one attached hydrogen (secondary N) is 1. The van der Waals surface area contributed by atoms with E-state index in [1.807, 2.05) is 6.92 Å². The second-order valence-electron chi connectivity index (χ2n) is 5.98. The number of halogens is 1. The summed E-state index contributed by atoms with van der Waals surface area (Å²) < 4.78 is 11.7. The third-order valence-electron chi connectivity index (χ3n) is 4.07. The van der Waals surface area contributed by atoms with Crippen LogP contribution in [-0.2, 0) is 9.59 Å². The van der Waals surface area contributed by atoms with Gasteiger partial charge in [0.15, 0.2) is 0 Å². The standard InChI is InChI=1S/C21H19BrN2O5/c1-3-28-17-10-9-13(12-15(17)22)11-14-19(25)23-21(27)24(20(14)26)16-7-5-6-8-18(16)29-4-2/h5-12H,3-4H2,1-2H3,(H,23,25,27)/b14-11+. The molecule has 1 aliphatic heterocycles. The molecule has 7 nitrogen and oxygen atoms in total. The lowest BCUT2D eigenvalue weighted by Crippen LogP contribution is -2.54. The van der Waals surface area contributed by atoms with E-state index in [0.717, 1.165) is 4.90 Å². The van der Waals surface area contributed by atoms with Gasteiger partial charge < -0.3 is 9.47 Å². The van der Waals surface area contributed by atoms with Crippen molar-refractivity contribution in [3.05, 3.63) is 58.1 Å². The van der Waals surface area contributed by atoms with Crippen LogP contribution in [0.2, 0.25) is 0 Å². The van der Waals surface area contributed by atoms with Crippen molar-refractivity contribution in [1.82, 2.24) is 5.32 Å². The third kappa shape index (κ3) is 4.32. The second kappa shape index (κ2) is 8.91. The van der Waals surface area contributed by atoms with Gasteiger partial charge in [-0.15, -0.1) is 0 Å². The Kier molecular flexibility index (Phi) is 6.33. The number of hydrogen-bond acceptors (Lipinski definition) is 5. The predicted molar refractivity (Wildman–Crippen MR) is 112 cm³/mol. The van der Waals surface area contributed by atoms with Crippen molar-refractivity contribution in [2.45, 2.75) is 13.8 Å². The van der Waals surface area contributed by atoms with E-state index >= 15 is 0 Å². The molecule has 1 N–H and O–H groups in total. The van der Waals surface area contributed by atoms with Gasteiger partial charge in [0.1, 0.15) is 17.1 Å². The molecule has 1 aliphatic rings. The topological polar surface area (TPSA) is 84.9 Å². The molecule has 2 aromatic rings. The van der Waals surface area contributed by atoms with Gasteiger partial charge in [-0.3, -0.25) is 14.9 Å². The molecule has 0 bridgehead atoms. The maximum atomic E-state index is 13.0. The van der Waals surface area contributed by atoms with Crippen LogP contribution in [0.3, 0.4) is 0 Å². The van der Waals surface area contributed by atoms with Crippen molar-refractivity contribution in [2.24, 2.45) is 0 Å². The van der Waals surface area contributed by atoms with E-state index in [2.05, 4.69) is 21.2 Å². The van der Waals surface area contributed by atoms with E-state index in [0.29, 0.717) is 34.7 Å². The second-order valence-corrected chi connectivity index (χ2v) is 6.84. The summed E-state index contributed by atoms with van der Waals surface area (Å²) in [5.74, 6) is -0.460. The first-order valence-corrected chi connectivity index (χ1v) is 9.81. The highest BCUT2D eigenvalue weighted by molar-refractivity contribution is 9.10. The molecular formula is C21H19BrN2O5. The first-order chi connectivity index (χ1) is 14.0. The SMILES string of the molecule is CCOc1ccc(/C=C2\C(=O)NC(=O)N(c3ccccc3OCC)C2=O)cc1Br. The first-order valence-electron chi connectivity index (χ1n) is 9.01. The van der Waals surface area contributed by atoms with E-state index in [-0.39, 0.29) is 11.3 Å². The van der Waals surface area contributed by atoms with E-state index in [9.17, 15) is 14.4 Å². The van der Waals surface area contributed by atoms with Crippen LogP contribution in [0.5, 0.6) is 11.5 Å². The average molecular weight is 459 g/mol. The first kappa shape index (κ1) is 20.6. The number of barbiturate groups is 1. The van der Waals surface area contributed by atoms with Crippen LogP contribution in [-0.4, -0.2) is 31.1 Å². The molecule has 29 heavy (non-hydrogen) atoms. The summed E-state index contributed by atoms with van der Waals surface area (Å²) in [6.07, 6.45) is 1.43. The number of carbonyl (C=O) groups is 3. The van der Waals surface area contributed by atoms with Crippen LogP contribution >= 0.6 is 15.9 Å². The molecule has 0 aliphatic carbocycles. The van der Waals surface area contributed by atoms with Crippen molar-refractivity contribution in [3.8, 4) is 11.5 Å². The highest BCUT2D eigenvalue weighted by Crippen LogP contribution is 2.32. The fourth-order valence-corrected chi connectivity index (χ4v) is 3.35. The van der Waals surface area contributed by atoms with Gasteiger partial charge in [-0.25, -0.2) is 9.69 Å². The van der Waals surface area contributed by atoms with E-state index in [1.54, 1.807) is 49.4 Å². The predicted octanol–water partition coefficient (Wildman–Crippen LogP) is 3.91. The van der Waals surface area contributed by atoms with Crippen molar-refractivity contribution in [1.29, 1.82) is 0 Å². The molecule has 150 valence electrons. The zero-order valence-electron chi connectivity index (χ0n) is 15.9. The van der Waals surface area contributed by atoms with Crippen LogP contribution in [0.1, 0.15) is 19.4 Å². The average Bonchev–Trinajstić information content (AvgIpc) is 2.68. The molecule has 0 spiro atoms. The molecule has 0 saturated carbocycles. The minimum Gasteiger partial charge on any atom is -0.493 e. The lowest BCUT2D eigenvalue weighted by molar-refractivity contribution is -0.122. The largest absolute Gasteiger partial charge is 0.493 e. The van der Waals surface area contributed by atoms with Gasteiger partial charge >= 0.3 is 6.03 Å². The van der Waals surface area contributed by atoms with Crippen LogP contribution in [0.4, 0.5) is 10.5 Å². The molecule has 3 rings (SSSR count). The van der Waals surface area contributed by atoms with Gasteiger partial charge in [-0.2, -0.15) is 0 Å². The molecule has 8 heteroatoms. The maximum absolute atomic E-state index is 13.0. The Morgan fingerprint density at radius 2 is 1.69 bits per heavy atom. The molecule has 1 heterocycles. The highest BCUT2D eigenvalue weighted by atomic mass is 79.9. The van der Waals surface area contributed by atoms with E-state index in [1.165, 1.54) is 6.08 Å². The quantitative estimate of drug-likeness (QED) is 0.523. The van der Waals surface area contributed by atoms with Gasteiger partial charge in [-0.1, -0.05) is 18.2 Å². The zero-order chi connectivity index (χ0) is 21.0. The summed E-state index contributed by atoms with van der Waals surface area (Å²) in [6.45, 7) is 4.55. The number of hydrogen-bond donors (Lipinski definition) is 1. The molecule has 0 radical (unpaired) electrons. The summed E-state index contributed by atoms with van der Waals surface area (Å²) in [7, 11) is 0. The minimum absolute atomic E-state index is 0.160. The number of benzene rings is 2. The van der Waals surface area contributed by atoms with E-state index in [4.69, 9.17) is 9.47 Å². The van der Waals surface area contributed by atoms with Crippen LogP contribution in [0, 0.1) is 0 Å². The monoisotopic (exact) mass is 458 g/mol. The lowest BCUT2D eigenvalue weighted by Gasteiger charge is -2.27. The Morgan fingerprint density at radius 3 is 2.38 bits per heavy atom. The van der Waals surface area contributed by atoms with Crippen molar-refractivity contribution >= 4 is 45.5 Å². The van der Waals surface area contributed by atoms with Crippen molar-refractivity contribution in [2.75, 3.05) is 18.1 Å². The molecule has 2 aromatic carbocycles. The normalized spacial score (nSPS) is 15.5. The summed E-state index contributed by atoms with van der Waals surface area (Å²) in [4.78, 5) is 38.7. The molecule has 0 unspecified atom stereocenters. The van der Waals surface area contributed by atoms with Gasteiger partial charge in [-0.05, 0) is 65.7 Å². The Balaban J connectivity index is 2.00. The highest BCUT2D eigenvalue weighted by Gasteiger charge is 2.38. The number of anilines is 1. The lowest BCUT2D eigenvalue weighted by atomic mass is 10.1. The molecule has 0 aromatic heterocycles. The van der Waals surface area contributed by atoms with Crippen molar-refractivity contribution in [3.63, 3.8) is 0 Å². The third-order valence-corrected chi connectivity index (χ3v) is 4.69. The number of nitrogens with zero attached hydrogens (tertiary/aromatic N) is 1. The van der Waals surface area contributed by atoms with Crippen molar-refractivity contribution < 1.29 is 23.9 Å². The summed E-state index contributed by atoms with van der Waals surface area (Å²) in [5.41, 5.74) is 0.710. The number of carbonyl (C=O) groups excluding carboxylic acids is 3. The van der Waals surface area contributed by atoms with Gasteiger partial charge in [0.2, 0.25) is 0 Å². The Labute approximate surface area is 176 Å². The minimum atomic E-state index is -0.822. The Hall–Kier alpha value is -3.13. The van der Waals surface area contributed by atoms with Crippen LogP contribution in [0.15, 0.2) is 52.5 Å². The van der Waals surface area contributed by atoms with E-state index < -0.39 is 17.8 Å². The number of amides is 4. The van der Waals surface area contributed by atoms with Gasteiger partial charge in [0, 0.05) is 0 Å². The fraction of sp³-hybridized carbons (Fsp3) is 0.190. The van der Waals surface area contributed by atoms with Crippen LogP contribution in [0.25, 0.3) is 6.08 Å². The molecule has 1 saturated heterocycles. The van der Waals surface area contributed by atoms with Gasteiger partial charge in [0.05, 0.1) is 23.4 Å². The molecule has 4 amide bonds. The van der Waals surface area contributed by atoms with Crippen LogP contribution < -0.4 is 19.7 Å². The molecule has 0 atom stereocenters. The number of urea groups is 1. The molecule has 1 fully saturated rings. The molecular weight excluding hydrogens is 440 g/mol. The summed E-state index contributed by atoms with van der Waals surface area (Å²) in [6, 6.07) is 11.0. The Morgan fingerprint density at radius 1 is 1.00 bits per heavy atom. The smallest absolute Gasteiger partial charge is 0.336 e. The zero-order valence-corrected chi connectivity index (χ0v) is 17.5. The summed E-state index contributed by atoms with van der Waals surface area (Å²) in [5, 5.41) is 2.21. The maximum Gasteiger partial charge on any atom is 0.336 e.